The van der Waals surface area contributed by atoms with Gasteiger partial charge in [-0.05, 0) is 42.5 Å². The van der Waals surface area contributed by atoms with Crippen LogP contribution in [0, 0.1) is 5.41 Å². The lowest BCUT2D eigenvalue weighted by molar-refractivity contribution is -0.142. The Morgan fingerprint density at radius 2 is 1.77 bits per heavy atom. The van der Waals surface area contributed by atoms with E-state index in [1.54, 1.807) is 42.5 Å². The predicted octanol–water partition coefficient (Wildman–Crippen LogP) is 1.50. The molecule has 210 valence electrons. The highest BCUT2D eigenvalue weighted by Gasteiger charge is 2.40. The van der Waals surface area contributed by atoms with Crippen molar-refractivity contribution in [2.75, 3.05) is 19.8 Å². The summed E-state index contributed by atoms with van der Waals surface area (Å²) < 4.78 is 32.6. The molecule has 0 unspecified atom stereocenters. The molecule has 39 heavy (non-hydrogen) atoms. The molecule has 0 spiro atoms. The van der Waals surface area contributed by atoms with Crippen molar-refractivity contribution in [2.45, 2.75) is 55.5 Å². The van der Waals surface area contributed by atoms with Gasteiger partial charge in [0.15, 0.2) is 5.78 Å². The van der Waals surface area contributed by atoms with Crippen molar-refractivity contribution in [3.63, 3.8) is 0 Å². The first-order valence-electron chi connectivity index (χ1n) is 12.7. The number of carbonyl (C=O) groups excluding carboxylic acids is 2. The van der Waals surface area contributed by atoms with Gasteiger partial charge in [-0.3, -0.25) is 15.0 Å². The van der Waals surface area contributed by atoms with Crippen molar-refractivity contribution in [3.05, 3.63) is 65.7 Å². The number of sulfonamides is 1. The zero-order valence-corrected chi connectivity index (χ0v) is 22.4. The van der Waals surface area contributed by atoms with Crippen LogP contribution < -0.4 is 11.1 Å². The molecule has 0 aromatic heterocycles. The standard InChI is InChI=1S/C27H34N4O7S/c28-25(29)9-5-15-38-18-21(32)16-19-10-12-20(13-11-19)17-23(27(34)35)30-26(33)24-8-4-14-31(24)39(36,37)22-6-2-1-3-7-22/h1-3,6-7,10-13,23-24H,4-5,8-9,14-18H2,(H3,28,29)(H,30,33)(H,34,35)/t23-,24-/m0/s1. The van der Waals surface area contributed by atoms with Gasteiger partial charge < -0.3 is 20.9 Å². The van der Waals surface area contributed by atoms with Crippen LogP contribution in [0.15, 0.2) is 59.5 Å². The molecule has 1 aliphatic heterocycles. The Hall–Kier alpha value is -3.61. The Morgan fingerprint density at radius 1 is 1.10 bits per heavy atom. The van der Waals surface area contributed by atoms with Crippen LogP contribution in [0.25, 0.3) is 0 Å². The summed E-state index contributed by atoms with van der Waals surface area (Å²) in [5, 5.41) is 19.4. The van der Waals surface area contributed by atoms with Crippen LogP contribution >= 0.6 is 0 Å². The highest BCUT2D eigenvalue weighted by atomic mass is 32.2. The number of carbonyl (C=O) groups is 3. The van der Waals surface area contributed by atoms with E-state index in [9.17, 15) is 27.9 Å². The normalized spacial score (nSPS) is 16.5. The molecule has 0 saturated carbocycles. The van der Waals surface area contributed by atoms with Crippen molar-refractivity contribution >= 4 is 33.5 Å². The second kappa shape index (κ2) is 14.0. The Bertz CT molecular complexity index is 1270. The van der Waals surface area contributed by atoms with Crippen molar-refractivity contribution in [2.24, 2.45) is 5.73 Å². The number of ether oxygens (including phenoxy) is 1. The van der Waals surface area contributed by atoms with E-state index in [-0.39, 0.29) is 42.5 Å². The second-order valence-corrected chi connectivity index (χ2v) is 11.3. The summed E-state index contributed by atoms with van der Waals surface area (Å²) in [6, 6.07) is 12.4. The molecule has 1 heterocycles. The van der Waals surface area contributed by atoms with Gasteiger partial charge in [0, 0.05) is 32.4 Å². The van der Waals surface area contributed by atoms with Gasteiger partial charge >= 0.3 is 5.97 Å². The fourth-order valence-electron chi connectivity index (χ4n) is 4.34. The van der Waals surface area contributed by atoms with E-state index in [1.165, 1.54) is 12.1 Å². The maximum atomic E-state index is 13.1. The molecule has 2 aromatic carbocycles. The number of amidine groups is 1. The van der Waals surface area contributed by atoms with E-state index >= 15 is 0 Å². The highest BCUT2D eigenvalue weighted by molar-refractivity contribution is 7.89. The molecule has 2 aromatic rings. The molecule has 0 bridgehead atoms. The summed E-state index contributed by atoms with van der Waals surface area (Å²) in [5.41, 5.74) is 6.65. The average Bonchev–Trinajstić information content (AvgIpc) is 3.41. The lowest BCUT2D eigenvalue weighted by atomic mass is 10.0. The second-order valence-electron chi connectivity index (χ2n) is 9.40. The molecule has 2 atom stereocenters. The zero-order valence-electron chi connectivity index (χ0n) is 21.5. The molecule has 1 fully saturated rings. The maximum Gasteiger partial charge on any atom is 0.326 e. The molecule has 1 saturated heterocycles. The molecule has 3 rings (SSSR count). The fraction of sp³-hybridized carbons (Fsp3) is 0.407. The van der Waals surface area contributed by atoms with Gasteiger partial charge in [0.05, 0.1) is 10.7 Å². The molecule has 1 amide bonds. The summed E-state index contributed by atoms with van der Waals surface area (Å²) in [6.45, 7) is 0.463. The van der Waals surface area contributed by atoms with Crippen LogP contribution in [0.1, 0.15) is 36.8 Å². The molecule has 1 aliphatic rings. The van der Waals surface area contributed by atoms with E-state index in [0.717, 1.165) is 9.87 Å². The molecule has 0 aliphatic carbocycles. The molecule has 0 radical (unpaired) electrons. The minimum atomic E-state index is -3.90. The number of hydrogen-bond donors (Lipinski definition) is 4. The number of amides is 1. The van der Waals surface area contributed by atoms with Gasteiger partial charge in [0.25, 0.3) is 0 Å². The average molecular weight is 559 g/mol. The highest BCUT2D eigenvalue weighted by Crippen LogP contribution is 2.26. The van der Waals surface area contributed by atoms with Gasteiger partial charge in [-0.15, -0.1) is 0 Å². The van der Waals surface area contributed by atoms with E-state index in [2.05, 4.69) is 5.32 Å². The number of rotatable bonds is 15. The Balaban J connectivity index is 1.55. The number of carboxylic acid groups (broad SMARTS) is 1. The van der Waals surface area contributed by atoms with Crippen LogP contribution in [0.5, 0.6) is 0 Å². The summed E-state index contributed by atoms with van der Waals surface area (Å²) in [7, 11) is -3.90. The lowest BCUT2D eigenvalue weighted by Crippen LogP contribution is -2.51. The van der Waals surface area contributed by atoms with Gasteiger partial charge in [0.1, 0.15) is 18.7 Å². The van der Waals surface area contributed by atoms with Crippen LogP contribution in [0.2, 0.25) is 0 Å². The molecule has 12 heteroatoms. The Kier molecular flexibility index (Phi) is 10.7. The van der Waals surface area contributed by atoms with E-state index in [4.69, 9.17) is 15.9 Å². The predicted molar refractivity (Wildman–Crippen MR) is 144 cm³/mol. The van der Waals surface area contributed by atoms with Gasteiger partial charge in [-0.1, -0.05) is 42.5 Å². The van der Waals surface area contributed by atoms with Gasteiger partial charge in [-0.2, -0.15) is 4.31 Å². The van der Waals surface area contributed by atoms with Gasteiger partial charge in [-0.25, -0.2) is 13.2 Å². The molecular formula is C27H34N4O7S. The fourth-order valence-corrected chi connectivity index (χ4v) is 6.02. The minimum Gasteiger partial charge on any atom is -0.480 e. The number of nitrogens with one attached hydrogen (secondary N) is 2. The SMILES string of the molecule is N=C(N)CCCOCC(=O)Cc1ccc(C[C@H](NC(=O)[C@@H]2CCCN2S(=O)(=O)c2ccccc2)C(=O)O)cc1. The van der Waals surface area contributed by atoms with E-state index in [1.807, 2.05) is 0 Å². The molecule has 5 N–H and O–H groups in total. The zero-order chi connectivity index (χ0) is 28.4. The smallest absolute Gasteiger partial charge is 0.326 e. The van der Waals surface area contributed by atoms with Crippen molar-refractivity contribution < 1.29 is 32.6 Å². The summed E-state index contributed by atoms with van der Waals surface area (Å²) in [6.07, 6.45) is 1.92. The molecular weight excluding hydrogens is 524 g/mol. The number of nitrogens with zero attached hydrogens (tertiary/aromatic N) is 1. The van der Waals surface area contributed by atoms with Crippen molar-refractivity contribution in [1.29, 1.82) is 5.41 Å². The topological polar surface area (TPSA) is 180 Å². The van der Waals surface area contributed by atoms with Gasteiger partial charge in [0.2, 0.25) is 15.9 Å². The number of ketones is 1. The van der Waals surface area contributed by atoms with Crippen molar-refractivity contribution in [3.8, 4) is 0 Å². The third-order valence-corrected chi connectivity index (χ3v) is 8.26. The third-order valence-electron chi connectivity index (χ3n) is 6.33. The Labute approximate surface area is 227 Å². The number of nitrogens with two attached hydrogens (primary N) is 1. The van der Waals surface area contributed by atoms with Crippen molar-refractivity contribution in [1.82, 2.24) is 9.62 Å². The first-order chi connectivity index (χ1) is 18.6. The van der Waals surface area contributed by atoms with Crippen LogP contribution in [0.3, 0.4) is 0 Å². The number of carboxylic acids is 1. The summed E-state index contributed by atoms with van der Waals surface area (Å²) in [5.74, 6) is -1.93. The van der Waals surface area contributed by atoms with E-state index in [0.29, 0.717) is 37.9 Å². The maximum absolute atomic E-state index is 13.1. The number of hydrogen-bond acceptors (Lipinski definition) is 7. The van der Waals surface area contributed by atoms with Crippen LogP contribution in [-0.4, -0.2) is 73.2 Å². The minimum absolute atomic E-state index is 0.00723. The van der Waals surface area contributed by atoms with E-state index < -0.39 is 34.0 Å². The lowest BCUT2D eigenvalue weighted by Gasteiger charge is -2.25. The quantitative estimate of drug-likeness (QED) is 0.144. The largest absolute Gasteiger partial charge is 0.480 e. The first-order valence-corrected chi connectivity index (χ1v) is 14.1. The summed E-state index contributed by atoms with van der Waals surface area (Å²) in [4.78, 5) is 37.2. The van der Waals surface area contributed by atoms with Crippen LogP contribution in [0.4, 0.5) is 0 Å². The molecule has 11 nitrogen and oxygen atoms in total. The summed E-state index contributed by atoms with van der Waals surface area (Å²) >= 11 is 0. The Morgan fingerprint density at radius 3 is 2.41 bits per heavy atom. The third kappa shape index (κ3) is 8.70. The first kappa shape index (κ1) is 29.9. The number of Topliss-reactive ketones (excluding diaryl/α,β-unsaturated/α-hetero) is 1. The number of aliphatic carboxylic acids is 1. The number of benzene rings is 2. The van der Waals surface area contributed by atoms with Crippen LogP contribution in [-0.2, 0) is 42.0 Å². The monoisotopic (exact) mass is 558 g/mol.